The van der Waals surface area contributed by atoms with Gasteiger partial charge in [0.25, 0.3) is 5.91 Å². The van der Waals surface area contributed by atoms with E-state index in [0.29, 0.717) is 5.02 Å². The van der Waals surface area contributed by atoms with Crippen LogP contribution >= 0.6 is 22.9 Å². The van der Waals surface area contributed by atoms with Gasteiger partial charge in [0, 0.05) is 6.04 Å². The molecule has 0 saturated carbocycles. The largest absolute Gasteiger partial charge is 0.384 e. The summed E-state index contributed by atoms with van der Waals surface area (Å²) in [6.07, 6.45) is 0.773. The van der Waals surface area contributed by atoms with Gasteiger partial charge in [-0.15, -0.1) is 0 Å². The number of amides is 1. The summed E-state index contributed by atoms with van der Waals surface area (Å²) in [5, 5.41) is 7.24. The molecule has 1 amide bonds. The number of nitrogens with zero attached hydrogens (tertiary/aromatic N) is 1. The molecule has 2 aromatic heterocycles. The molecule has 0 spiro atoms. The minimum absolute atomic E-state index is 0.00129. The van der Waals surface area contributed by atoms with Crippen LogP contribution in [-0.2, 0) is 6.42 Å². The number of rotatable bonds is 4. The Balaban J connectivity index is 2.02. The van der Waals surface area contributed by atoms with Crippen LogP contribution in [0.5, 0.6) is 0 Å². The van der Waals surface area contributed by atoms with E-state index in [4.69, 9.17) is 17.3 Å². The molecule has 0 aliphatic rings. The monoisotopic (exact) mass is 295 g/mol. The van der Waals surface area contributed by atoms with E-state index in [2.05, 4.69) is 15.7 Å². The highest BCUT2D eigenvalue weighted by atomic mass is 35.5. The number of nitrogens with one attached hydrogen (secondary N) is 1. The summed E-state index contributed by atoms with van der Waals surface area (Å²) >= 11 is 7.58. The van der Waals surface area contributed by atoms with Crippen LogP contribution in [-0.4, -0.2) is 16.9 Å². The minimum atomic E-state index is -0.306. The number of carbonyl (C=O) groups excluding carboxylic acids is 1. The van der Waals surface area contributed by atoms with Crippen LogP contribution < -0.4 is 11.1 Å². The van der Waals surface area contributed by atoms with Crippen LogP contribution in [0.4, 0.5) is 5.82 Å². The Morgan fingerprint density at radius 1 is 1.53 bits per heavy atom. The fourth-order valence-corrected chi connectivity index (χ4v) is 2.59. The van der Waals surface area contributed by atoms with Gasteiger partial charge in [0.15, 0.2) is 0 Å². The Kier molecular flexibility index (Phi) is 4.39. The second-order valence-electron chi connectivity index (χ2n) is 4.28. The third-order valence-corrected chi connectivity index (χ3v) is 3.62. The first-order valence-corrected chi connectivity index (χ1v) is 7.12. The average molecular weight is 296 g/mol. The molecule has 0 fully saturated rings. The van der Waals surface area contributed by atoms with Crippen LogP contribution in [0, 0.1) is 0 Å². The van der Waals surface area contributed by atoms with E-state index in [-0.39, 0.29) is 23.5 Å². The summed E-state index contributed by atoms with van der Waals surface area (Å²) in [6.45, 7) is 1.94. The highest BCUT2D eigenvalue weighted by molar-refractivity contribution is 7.07. The molecule has 2 rings (SSSR count). The molecule has 0 aliphatic heterocycles. The van der Waals surface area contributed by atoms with Crippen molar-refractivity contribution in [1.82, 2.24) is 10.3 Å². The van der Waals surface area contributed by atoms with Crippen molar-refractivity contribution in [2.24, 2.45) is 0 Å². The SMILES string of the molecule is CC(Cc1ccsc1)NC(=O)c1nc(N)ccc1Cl. The molecular formula is C13H14ClN3OS. The standard InChI is InChI=1S/C13H14ClN3OS/c1-8(6-9-4-5-19-7-9)16-13(18)12-10(14)2-3-11(15)17-12/h2-5,7-8H,6H2,1H3,(H2,15,17)(H,16,18). The molecule has 0 saturated heterocycles. The lowest BCUT2D eigenvalue weighted by atomic mass is 10.1. The van der Waals surface area contributed by atoms with E-state index in [0.717, 1.165) is 6.42 Å². The van der Waals surface area contributed by atoms with E-state index in [1.165, 1.54) is 5.56 Å². The van der Waals surface area contributed by atoms with Crippen molar-refractivity contribution in [2.75, 3.05) is 5.73 Å². The maximum Gasteiger partial charge on any atom is 0.271 e. The highest BCUT2D eigenvalue weighted by Crippen LogP contribution is 2.15. The Hall–Kier alpha value is -1.59. The van der Waals surface area contributed by atoms with Gasteiger partial charge in [-0.1, -0.05) is 11.6 Å². The normalized spacial score (nSPS) is 12.1. The molecule has 0 aliphatic carbocycles. The fourth-order valence-electron chi connectivity index (χ4n) is 1.72. The summed E-state index contributed by atoms with van der Waals surface area (Å²) < 4.78 is 0. The van der Waals surface area contributed by atoms with E-state index >= 15 is 0 Å². The van der Waals surface area contributed by atoms with E-state index in [1.54, 1.807) is 23.5 Å². The zero-order chi connectivity index (χ0) is 13.8. The number of nitrogens with two attached hydrogens (primary N) is 1. The van der Waals surface area contributed by atoms with Crippen molar-refractivity contribution in [3.05, 3.63) is 45.2 Å². The molecule has 6 heteroatoms. The van der Waals surface area contributed by atoms with Gasteiger partial charge in [0.2, 0.25) is 0 Å². The number of thiophene rings is 1. The van der Waals surface area contributed by atoms with Crippen molar-refractivity contribution < 1.29 is 4.79 Å². The quantitative estimate of drug-likeness (QED) is 0.911. The first kappa shape index (κ1) is 13.8. The molecular weight excluding hydrogens is 282 g/mol. The number of pyridine rings is 1. The van der Waals surface area contributed by atoms with Gasteiger partial charge < -0.3 is 11.1 Å². The lowest BCUT2D eigenvalue weighted by molar-refractivity contribution is 0.0935. The molecule has 1 atom stereocenters. The van der Waals surface area contributed by atoms with Crippen LogP contribution in [0.1, 0.15) is 23.0 Å². The van der Waals surface area contributed by atoms with E-state index in [9.17, 15) is 4.79 Å². The van der Waals surface area contributed by atoms with Gasteiger partial charge in [-0.25, -0.2) is 4.98 Å². The zero-order valence-corrected chi connectivity index (χ0v) is 12.0. The predicted molar refractivity (Wildman–Crippen MR) is 78.6 cm³/mol. The highest BCUT2D eigenvalue weighted by Gasteiger charge is 2.15. The predicted octanol–water partition coefficient (Wildman–Crippen LogP) is 2.74. The smallest absolute Gasteiger partial charge is 0.271 e. The number of carbonyl (C=O) groups is 1. The van der Waals surface area contributed by atoms with Crippen LogP contribution in [0.3, 0.4) is 0 Å². The molecule has 1 unspecified atom stereocenters. The first-order valence-electron chi connectivity index (χ1n) is 5.80. The maximum absolute atomic E-state index is 12.0. The third kappa shape index (κ3) is 3.68. The van der Waals surface area contributed by atoms with E-state index < -0.39 is 0 Å². The van der Waals surface area contributed by atoms with Gasteiger partial charge in [-0.05, 0) is 47.9 Å². The van der Waals surface area contributed by atoms with Crippen LogP contribution in [0.2, 0.25) is 5.02 Å². The Bertz CT molecular complexity index is 571. The number of hydrogen-bond acceptors (Lipinski definition) is 4. The number of aromatic nitrogens is 1. The third-order valence-electron chi connectivity index (χ3n) is 2.58. The topological polar surface area (TPSA) is 68.0 Å². The van der Waals surface area contributed by atoms with Gasteiger partial charge in [0.1, 0.15) is 11.5 Å². The maximum atomic E-state index is 12.0. The number of nitrogen functional groups attached to an aromatic ring is 1. The average Bonchev–Trinajstić information content (AvgIpc) is 2.84. The lowest BCUT2D eigenvalue weighted by Gasteiger charge is -2.13. The van der Waals surface area contributed by atoms with Crippen LogP contribution in [0.25, 0.3) is 0 Å². The van der Waals surface area contributed by atoms with Gasteiger partial charge in [-0.3, -0.25) is 4.79 Å². The zero-order valence-electron chi connectivity index (χ0n) is 10.4. The second-order valence-corrected chi connectivity index (χ2v) is 5.46. The summed E-state index contributed by atoms with van der Waals surface area (Å²) in [5.74, 6) is -0.0277. The molecule has 0 aromatic carbocycles. The van der Waals surface area contributed by atoms with Crippen molar-refractivity contribution >= 4 is 34.7 Å². The Labute approximate surface area is 120 Å². The van der Waals surface area contributed by atoms with Crippen molar-refractivity contribution in [2.45, 2.75) is 19.4 Å². The van der Waals surface area contributed by atoms with Crippen LogP contribution in [0.15, 0.2) is 29.0 Å². The Morgan fingerprint density at radius 2 is 2.32 bits per heavy atom. The van der Waals surface area contributed by atoms with E-state index in [1.807, 2.05) is 18.4 Å². The molecule has 2 aromatic rings. The molecule has 0 radical (unpaired) electrons. The summed E-state index contributed by atoms with van der Waals surface area (Å²) in [6, 6.07) is 5.18. The second kappa shape index (κ2) is 6.04. The number of halogens is 1. The molecule has 3 N–H and O–H groups in total. The lowest BCUT2D eigenvalue weighted by Crippen LogP contribution is -2.34. The minimum Gasteiger partial charge on any atom is -0.384 e. The molecule has 0 bridgehead atoms. The van der Waals surface area contributed by atoms with Gasteiger partial charge in [-0.2, -0.15) is 11.3 Å². The Morgan fingerprint density at radius 3 is 3.00 bits per heavy atom. The number of hydrogen-bond donors (Lipinski definition) is 2. The van der Waals surface area contributed by atoms with Crippen molar-refractivity contribution in [1.29, 1.82) is 0 Å². The first-order chi connectivity index (χ1) is 9.06. The molecule has 2 heterocycles. The fraction of sp³-hybridized carbons (Fsp3) is 0.231. The summed E-state index contributed by atoms with van der Waals surface area (Å²) in [4.78, 5) is 16.0. The number of anilines is 1. The van der Waals surface area contributed by atoms with Crippen molar-refractivity contribution in [3.8, 4) is 0 Å². The summed E-state index contributed by atoms with van der Waals surface area (Å²) in [7, 11) is 0. The summed E-state index contributed by atoms with van der Waals surface area (Å²) in [5.41, 5.74) is 6.92. The molecule has 4 nitrogen and oxygen atoms in total. The van der Waals surface area contributed by atoms with Gasteiger partial charge >= 0.3 is 0 Å². The van der Waals surface area contributed by atoms with Gasteiger partial charge in [0.05, 0.1) is 5.02 Å². The molecule has 100 valence electrons. The van der Waals surface area contributed by atoms with Crippen molar-refractivity contribution in [3.63, 3.8) is 0 Å². The molecule has 19 heavy (non-hydrogen) atoms.